The number of hydrogen-bond acceptors (Lipinski definition) is 7. The molecule has 0 aliphatic heterocycles. The van der Waals surface area contributed by atoms with Gasteiger partial charge in [0, 0.05) is 27.8 Å². The van der Waals surface area contributed by atoms with Gasteiger partial charge in [-0.05, 0) is 31.2 Å². The second kappa shape index (κ2) is 10.6. The fourth-order valence-corrected chi connectivity index (χ4v) is 4.06. The predicted molar refractivity (Wildman–Crippen MR) is 115 cm³/mol. The fourth-order valence-electron chi connectivity index (χ4n) is 2.45. The highest BCUT2D eigenvalue weighted by Crippen LogP contribution is 2.27. The van der Waals surface area contributed by atoms with E-state index in [1.807, 2.05) is 23.6 Å². The smallest absolute Gasteiger partial charge is 0.344 e. The number of hydrogen-bond donors (Lipinski definition) is 1. The molecular weight excluding hydrogens is 408 g/mol. The van der Waals surface area contributed by atoms with Crippen molar-refractivity contribution >= 4 is 40.7 Å². The molecule has 2 aromatic carbocycles. The normalized spacial score (nSPS) is 10.4. The standard InChI is InChI=1S/C21H20N2O4S2/c1-2-26-20(24)11-27-17-7-5-6-15(10-17)23-21(25)18-8-3-4-9-19(18)29-13-16-12-28-14-22-16/h3-10,12,14H,2,11,13H2,1H3,(H,23,25). The zero-order chi connectivity index (χ0) is 20.5. The maximum Gasteiger partial charge on any atom is 0.344 e. The Morgan fingerprint density at radius 3 is 2.83 bits per heavy atom. The van der Waals surface area contributed by atoms with Crippen LogP contribution in [-0.2, 0) is 15.3 Å². The van der Waals surface area contributed by atoms with Gasteiger partial charge in [0.1, 0.15) is 5.75 Å². The van der Waals surface area contributed by atoms with Crippen LogP contribution in [-0.4, -0.2) is 30.1 Å². The summed E-state index contributed by atoms with van der Waals surface area (Å²) in [5.41, 5.74) is 3.95. The Hall–Kier alpha value is -2.84. The third kappa shape index (κ3) is 6.33. The number of carbonyl (C=O) groups excluding carboxylic acids is 2. The third-order valence-electron chi connectivity index (χ3n) is 3.74. The van der Waals surface area contributed by atoms with Crippen molar-refractivity contribution < 1.29 is 19.1 Å². The first kappa shape index (κ1) is 20.9. The van der Waals surface area contributed by atoms with Gasteiger partial charge in [0.15, 0.2) is 6.61 Å². The molecule has 8 heteroatoms. The Kier molecular flexibility index (Phi) is 7.66. The Balaban J connectivity index is 1.64. The number of thiazole rings is 1. The van der Waals surface area contributed by atoms with Crippen molar-refractivity contribution in [2.45, 2.75) is 17.6 Å². The number of thioether (sulfide) groups is 1. The summed E-state index contributed by atoms with van der Waals surface area (Å²) in [5.74, 6) is 0.523. The molecule has 1 N–H and O–H groups in total. The minimum Gasteiger partial charge on any atom is -0.482 e. The highest BCUT2D eigenvalue weighted by molar-refractivity contribution is 7.98. The van der Waals surface area contributed by atoms with Crippen LogP contribution < -0.4 is 10.1 Å². The van der Waals surface area contributed by atoms with Crippen molar-refractivity contribution in [3.63, 3.8) is 0 Å². The van der Waals surface area contributed by atoms with E-state index < -0.39 is 5.97 Å². The lowest BCUT2D eigenvalue weighted by molar-refractivity contribution is -0.145. The van der Waals surface area contributed by atoms with Crippen LogP contribution in [0.2, 0.25) is 0 Å². The Morgan fingerprint density at radius 1 is 1.17 bits per heavy atom. The predicted octanol–water partition coefficient (Wildman–Crippen LogP) is 4.63. The van der Waals surface area contributed by atoms with Crippen molar-refractivity contribution in [1.82, 2.24) is 4.98 Å². The van der Waals surface area contributed by atoms with E-state index in [-0.39, 0.29) is 12.5 Å². The number of ether oxygens (including phenoxy) is 2. The molecule has 0 spiro atoms. The van der Waals surface area contributed by atoms with Crippen LogP contribution in [0.5, 0.6) is 5.75 Å². The molecule has 0 aliphatic carbocycles. The molecule has 0 fully saturated rings. The van der Waals surface area contributed by atoms with E-state index in [4.69, 9.17) is 9.47 Å². The molecule has 0 saturated carbocycles. The molecule has 0 atom stereocenters. The number of aromatic nitrogens is 1. The van der Waals surface area contributed by atoms with Gasteiger partial charge in [-0.15, -0.1) is 23.1 Å². The van der Waals surface area contributed by atoms with Crippen LogP contribution in [0.25, 0.3) is 0 Å². The molecule has 29 heavy (non-hydrogen) atoms. The number of rotatable bonds is 9. The van der Waals surface area contributed by atoms with Crippen molar-refractivity contribution in [3.05, 3.63) is 70.7 Å². The van der Waals surface area contributed by atoms with Crippen LogP contribution in [0.4, 0.5) is 5.69 Å². The van der Waals surface area contributed by atoms with Crippen LogP contribution in [0.1, 0.15) is 23.0 Å². The second-order valence-corrected chi connectivity index (χ2v) is 7.58. The molecule has 0 aliphatic rings. The lowest BCUT2D eigenvalue weighted by Gasteiger charge is -2.11. The van der Waals surface area contributed by atoms with Gasteiger partial charge < -0.3 is 14.8 Å². The fraction of sp³-hybridized carbons (Fsp3) is 0.190. The molecule has 150 valence electrons. The molecule has 1 amide bonds. The van der Waals surface area contributed by atoms with Crippen molar-refractivity contribution in [2.24, 2.45) is 0 Å². The second-order valence-electron chi connectivity index (χ2n) is 5.84. The molecule has 0 radical (unpaired) electrons. The van der Waals surface area contributed by atoms with Gasteiger partial charge in [0.2, 0.25) is 0 Å². The minimum absolute atomic E-state index is 0.179. The molecule has 3 rings (SSSR count). The molecule has 0 unspecified atom stereocenters. The average molecular weight is 429 g/mol. The van der Waals surface area contributed by atoms with Crippen molar-refractivity contribution in [2.75, 3.05) is 18.5 Å². The summed E-state index contributed by atoms with van der Waals surface area (Å²) in [6, 6.07) is 14.4. The topological polar surface area (TPSA) is 77.5 Å². The van der Waals surface area contributed by atoms with Crippen LogP contribution in [0, 0.1) is 0 Å². The molecule has 0 saturated heterocycles. The zero-order valence-corrected chi connectivity index (χ0v) is 17.4. The van der Waals surface area contributed by atoms with Gasteiger partial charge in [-0.1, -0.05) is 18.2 Å². The van der Waals surface area contributed by atoms with Crippen molar-refractivity contribution in [1.29, 1.82) is 0 Å². The first-order valence-corrected chi connectivity index (χ1v) is 10.9. The lowest BCUT2D eigenvalue weighted by atomic mass is 10.2. The number of carbonyl (C=O) groups is 2. The van der Waals surface area contributed by atoms with Crippen LogP contribution in [0.3, 0.4) is 0 Å². The number of amides is 1. The van der Waals surface area contributed by atoms with Gasteiger partial charge in [0.25, 0.3) is 5.91 Å². The third-order valence-corrected chi connectivity index (χ3v) is 5.49. The average Bonchev–Trinajstić information content (AvgIpc) is 3.25. The van der Waals surface area contributed by atoms with Gasteiger partial charge in [0.05, 0.1) is 23.4 Å². The van der Waals surface area contributed by atoms with E-state index in [2.05, 4.69) is 10.3 Å². The number of anilines is 1. The summed E-state index contributed by atoms with van der Waals surface area (Å²) in [6.45, 7) is 1.86. The van der Waals surface area contributed by atoms with E-state index >= 15 is 0 Å². The van der Waals surface area contributed by atoms with E-state index in [0.717, 1.165) is 10.6 Å². The highest BCUT2D eigenvalue weighted by atomic mass is 32.2. The van der Waals surface area contributed by atoms with Gasteiger partial charge in [-0.3, -0.25) is 4.79 Å². The summed E-state index contributed by atoms with van der Waals surface area (Å²) in [4.78, 5) is 29.4. The summed E-state index contributed by atoms with van der Waals surface area (Å²) >= 11 is 3.12. The molecule has 1 aromatic heterocycles. The SMILES string of the molecule is CCOC(=O)COc1cccc(NC(=O)c2ccccc2SCc2cscn2)c1. The molecule has 3 aromatic rings. The molecule has 6 nitrogen and oxygen atoms in total. The van der Waals surface area contributed by atoms with E-state index in [9.17, 15) is 9.59 Å². The number of nitrogens with zero attached hydrogens (tertiary/aromatic N) is 1. The van der Waals surface area contributed by atoms with Crippen LogP contribution >= 0.6 is 23.1 Å². The lowest BCUT2D eigenvalue weighted by Crippen LogP contribution is -2.15. The number of esters is 1. The number of benzene rings is 2. The molecular formula is C21H20N2O4S2. The minimum atomic E-state index is -0.437. The zero-order valence-electron chi connectivity index (χ0n) is 15.8. The monoisotopic (exact) mass is 428 g/mol. The Labute approximate surface area is 177 Å². The number of nitrogens with one attached hydrogen (secondary N) is 1. The largest absolute Gasteiger partial charge is 0.482 e. The van der Waals surface area contributed by atoms with Gasteiger partial charge in [-0.2, -0.15) is 0 Å². The first-order chi connectivity index (χ1) is 14.2. The van der Waals surface area contributed by atoms with Crippen LogP contribution in [0.15, 0.2) is 64.3 Å². The van der Waals surface area contributed by atoms with E-state index in [1.165, 1.54) is 0 Å². The van der Waals surface area contributed by atoms with Crippen molar-refractivity contribution in [3.8, 4) is 5.75 Å². The summed E-state index contributed by atoms with van der Waals surface area (Å²) < 4.78 is 10.3. The van der Waals surface area contributed by atoms with E-state index in [1.54, 1.807) is 65.9 Å². The molecule has 1 heterocycles. The molecule has 0 bridgehead atoms. The Morgan fingerprint density at radius 2 is 2.03 bits per heavy atom. The summed E-state index contributed by atoms with van der Waals surface area (Å²) in [5, 5.41) is 4.88. The summed E-state index contributed by atoms with van der Waals surface area (Å²) in [7, 11) is 0. The summed E-state index contributed by atoms with van der Waals surface area (Å²) in [6.07, 6.45) is 0. The highest BCUT2D eigenvalue weighted by Gasteiger charge is 2.13. The maximum atomic E-state index is 12.8. The quantitative estimate of drug-likeness (QED) is 0.396. The van der Waals surface area contributed by atoms with E-state index in [0.29, 0.717) is 29.4 Å². The maximum absolute atomic E-state index is 12.8. The Bertz CT molecular complexity index is 961. The first-order valence-electron chi connectivity index (χ1n) is 8.94. The van der Waals surface area contributed by atoms with Gasteiger partial charge >= 0.3 is 5.97 Å². The van der Waals surface area contributed by atoms with Gasteiger partial charge in [-0.25, -0.2) is 9.78 Å².